The number of hydrogen-bond acceptors (Lipinski definition) is 8. The molecular weight excluding hydrogens is 382 g/mol. The minimum Gasteiger partial charge on any atom is -0.466 e. The van der Waals surface area contributed by atoms with Crippen molar-refractivity contribution >= 4 is 40.9 Å². The third kappa shape index (κ3) is 5.20. The molecule has 0 fully saturated rings. The number of para-hydroxylation sites is 1. The minimum atomic E-state index is -0.679. The molecule has 1 aromatic heterocycles. The maximum atomic E-state index is 12.1. The van der Waals surface area contributed by atoms with Crippen LogP contribution in [0.1, 0.15) is 12.6 Å². The van der Waals surface area contributed by atoms with E-state index in [1.807, 2.05) is 0 Å². The Morgan fingerprint density at radius 3 is 2.77 bits per heavy atom. The standard InChI is InChI=1S/C15H16ClN5O4S/c1-2-25-13(23)7-11-14(24)21(17)15(20-19-11)26-8-12(22)18-10-6-4-3-5-9(10)16/h3-6H,2,7-8,17H2,1H3,(H,18,22). The lowest BCUT2D eigenvalue weighted by Gasteiger charge is -2.08. The molecule has 3 N–H and O–H groups in total. The van der Waals surface area contributed by atoms with Crippen molar-refractivity contribution in [2.75, 3.05) is 23.5 Å². The first kappa shape index (κ1) is 19.7. The summed E-state index contributed by atoms with van der Waals surface area (Å²) in [5.41, 5.74) is -0.335. The Morgan fingerprint density at radius 1 is 1.35 bits per heavy atom. The van der Waals surface area contributed by atoms with Gasteiger partial charge in [-0.15, -0.1) is 10.2 Å². The highest BCUT2D eigenvalue weighted by atomic mass is 35.5. The molecule has 0 saturated heterocycles. The van der Waals surface area contributed by atoms with Gasteiger partial charge in [0.15, 0.2) is 0 Å². The molecule has 26 heavy (non-hydrogen) atoms. The summed E-state index contributed by atoms with van der Waals surface area (Å²) in [4.78, 5) is 35.5. The second-order valence-electron chi connectivity index (χ2n) is 4.90. The summed E-state index contributed by atoms with van der Waals surface area (Å²) in [6.45, 7) is 1.84. The van der Waals surface area contributed by atoms with E-state index in [-0.39, 0.29) is 35.5 Å². The van der Waals surface area contributed by atoms with E-state index in [0.717, 1.165) is 16.4 Å². The molecule has 0 aliphatic carbocycles. The van der Waals surface area contributed by atoms with Crippen molar-refractivity contribution in [1.29, 1.82) is 0 Å². The number of rotatable bonds is 7. The Kier molecular flexibility index (Phi) is 6.98. The number of aromatic nitrogens is 3. The first-order chi connectivity index (χ1) is 12.4. The van der Waals surface area contributed by atoms with Crippen LogP contribution < -0.4 is 16.7 Å². The molecule has 0 saturated carbocycles. The average molecular weight is 398 g/mol. The zero-order valence-electron chi connectivity index (χ0n) is 13.8. The van der Waals surface area contributed by atoms with Crippen LogP contribution in [0.2, 0.25) is 5.02 Å². The highest BCUT2D eigenvalue weighted by Gasteiger charge is 2.16. The van der Waals surface area contributed by atoms with Crippen LogP contribution in [0.3, 0.4) is 0 Å². The van der Waals surface area contributed by atoms with Crippen molar-refractivity contribution in [3.63, 3.8) is 0 Å². The number of esters is 1. The fraction of sp³-hybridized carbons (Fsp3) is 0.267. The van der Waals surface area contributed by atoms with Gasteiger partial charge < -0.3 is 15.9 Å². The quantitative estimate of drug-likeness (QED) is 0.399. The van der Waals surface area contributed by atoms with E-state index in [4.69, 9.17) is 22.2 Å². The van der Waals surface area contributed by atoms with Crippen LogP contribution in [-0.2, 0) is 20.7 Å². The van der Waals surface area contributed by atoms with Crippen LogP contribution in [-0.4, -0.2) is 39.1 Å². The zero-order chi connectivity index (χ0) is 19.1. The van der Waals surface area contributed by atoms with Gasteiger partial charge in [0.2, 0.25) is 11.1 Å². The fourth-order valence-corrected chi connectivity index (χ4v) is 2.69. The van der Waals surface area contributed by atoms with Gasteiger partial charge in [0, 0.05) is 0 Å². The average Bonchev–Trinajstić information content (AvgIpc) is 2.60. The molecule has 0 radical (unpaired) electrons. The molecule has 1 amide bonds. The number of anilines is 1. The number of nitrogens with zero attached hydrogens (tertiary/aromatic N) is 3. The fourth-order valence-electron chi connectivity index (χ4n) is 1.86. The first-order valence-corrected chi connectivity index (χ1v) is 8.85. The van der Waals surface area contributed by atoms with E-state index in [1.165, 1.54) is 0 Å². The maximum Gasteiger partial charge on any atom is 0.312 e. The third-order valence-electron chi connectivity index (χ3n) is 3.03. The molecule has 2 aromatic rings. The van der Waals surface area contributed by atoms with Crippen LogP contribution in [0.25, 0.3) is 0 Å². The van der Waals surface area contributed by atoms with Gasteiger partial charge in [-0.1, -0.05) is 35.5 Å². The highest BCUT2D eigenvalue weighted by molar-refractivity contribution is 7.99. The van der Waals surface area contributed by atoms with Gasteiger partial charge in [0.05, 0.1) is 29.5 Å². The molecule has 0 spiro atoms. The maximum absolute atomic E-state index is 12.1. The molecule has 9 nitrogen and oxygen atoms in total. The molecule has 0 atom stereocenters. The van der Waals surface area contributed by atoms with Crippen LogP contribution in [0.15, 0.2) is 34.2 Å². The van der Waals surface area contributed by atoms with Gasteiger partial charge in [-0.3, -0.25) is 14.4 Å². The smallest absolute Gasteiger partial charge is 0.312 e. The van der Waals surface area contributed by atoms with Crippen molar-refractivity contribution in [3.8, 4) is 0 Å². The minimum absolute atomic E-state index is 0.0388. The molecule has 1 heterocycles. The Hall–Kier alpha value is -2.59. The second-order valence-corrected chi connectivity index (χ2v) is 6.25. The van der Waals surface area contributed by atoms with Crippen LogP contribution in [0, 0.1) is 0 Å². The number of benzene rings is 1. The number of halogens is 1. The summed E-state index contributed by atoms with van der Waals surface area (Å²) in [5.74, 6) is 4.66. The van der Waals surface area contributed by atoms with E-state index in [9.17, 15) is 14.4 Å². The summed E-state index contributed by atoms with van der Waals surface area (Å²) >= 11 is 6.89. The molecule has 0 aliphatic heterocycles. The number of ether oxygens (including phenoxy) is 1. The van der Waals surface area contributed by atoms with Gasteiger partial charge in [-0.05, 0) is 19.1 Å². The number of hydrogen-bond donors (Lipinski definition) is 2. The highest BCUT2D eigenvalue weighted by Crippen LogP contribution is 2.21. The van der Waals surface area contributed by atoms with Gasteiger partial charge >= 0.3 is 5.97 Å². The first-order valence-electron chi connectivity index (χ1n) is 7.48. The summed E-state index contributed by atoms with van der Waals surface area (Å²) in [7, 11) is 0. The third-order valence-corrected chi connectivity index (χ3v) is 4.30. The number of carbonyl (C=O) groups is 2. The van der Waals surface area contributed by atoms with E-state index >= 15 is 0 Å². The van der Waals surface area contributed by atoms with Crippen molar-refractivity contribution in [3.05, 3.63) is 45.3 Å². The number of thioether (sulfide) groups is 1. The number of nitrogen functional groups attached to an aromatic ring is 1. The number of carbonyl (C=O) groups excluding carboxylic acids is 2. The van der Waals surface area contributed by atoms with Crippen molar-refractivity contribution in [2.45, 2.75) is 18.5 Å². The van der Waals surface area contributed by atoms with Crippen LogP contribution >= 0.6 is 23.4 Å². The number of nitrogens with one attached hydrogen (secondary N) is 1. The second kappa shape index (κ2) is 9.20. The summed E-state index contributed by atoms with van der Waals surface area (Å²) in [5, 5.41) is 10.6. The van der Waals surface area contributed by atoms with E-state index in [2.05, 4.69) is 15.5 Å². The Morgan fingerprint density at radius 2 is 2.08 bits per heavy atom. The van der Waals surface area contributed by atoms with Crippen molar-refractivity contribution < 1.29 is 14.3 Å². The SMILES string of the molecule is CCOC(=O)Cc1nnc(SCC(=O)Nc2ccccc2Cl)n(N)c1=O. The summed E-state index contributed by atoms with van der Waals surface area (Å²) in [6.07, 6.45) is -0.325. The molecule has 0 unspecified atom stereocenters. The predicted molar refractivity (Wildman–Crippen MR) is 97.6 cm³/mol. The van der Waals surface area contributed by atoms with E-state index < -0.39 is 11.5 Å². The lowest BCUT2D eigenvalue weighted by molar-refractivity contribution is -0.142. The normalized spacial score (nSPS) is 10.4. The van der Waals surface area contributed by atoms with Crippen molar-refractivity contribution in [1.82, 2.24) is 14.9 Å². The molecule has 0 aliphatic rings. The number of nitrogens with two attached hydrogens (primary N) is 1. The Balaban J connectivity index is 2.00. The molecule has 11 heteroatoms. The molecular formula is C15H16ClN5O4S. The van der Waals surface area contributed by atoms with Gasteiger partial charge in [-0.2, -0.15) is 4.68 Å². The summed E-state index contributed by atoms with van der Waals surface area (Å²) in [6, 6.07) is 6.79. The van der Waals surface area contributed by atoms with E-state index in [0.29, 0.717) is 10.7 Å². The van der Waals surface area contributed by atoms with E-state index in [1.54, 1.807) is 31.2 Å². The molecule has 138 valence electrons. The zero-order valence-corrected chi connectivity index (χ0v) is 15.3. The van der Waals surface area contributed by atoms with Gasteiger partial charge in [0.1, 0.15) is 5.69 Å². The Bertz CT molecular complexity index is 873. The number of amides is 1. The largest absolute Gasteiger partial charge is 0.466 e. The molecule has 1 aromatic carbocycles. The monoisotopic (exact) mass is 397 g/mol. The van der Waals surface area contributed by atoms with Gasteiger partial charge in [0.25, 0.3) is 5.56 Å². The lowest BCUT2D eigenvalue weighted by atomic mass is 10.3. The lowest BCUT2D eigenvalue weighted by Crippen LogP contribution is -2.35. The van der Waals surface area contributed by atoms with Crippen LogP contribution in [0.4, 0.5) is 5.69 Å². The predicted octanol–water partition coefficient (Wildman–Crippen LogP) is 0.842. The van der Waals surface area contributed by atoms with Gasteiger partial charge in [-0.25, -0.2) is 0 Å². The van der Waals surface area contributed by atoms with Crippen molar-refractivity contribution in [2.24, 2.45) is 0 Å². The molecule has 2 rings (SSSR count). The summed E-state index contributed by atoms with van der Waals surface area (Å²) < 4.78 is 5.50. The topological polar surface area (TPSA) is 129 Å². The Labute approximate surface area is 157 Å². The van der Waals surface area contributed by atoms with Crippen LogP contribution in [0.5, 0.6) is 0 Å². The molecule has 0 bridgehead atoms.